The number of carbonyl (C=O) groups excluding carboxylic acids is 1. The lowest BCUT2D eigenvalue weighted by molar-refractivity contribution is 0.111. The molecule has 5 rings (SSSR count). The summed E-state index contributed by atoms with van der Waals surface area (Å²) in [6, 6.07) is 25.5. The number of ether oxygens (including phenoxy) is 1. The van der Waals surface area contributed by atoms with Crippen molar-refractivity contribution in [1.82, 2.24) is 10.2 Å². The van der Waals surface area contributed by atoms with Crippen LogP contribution in [0.15, 0.2) is 78.2 Å². The number of nitrogens with zero attached hydrogens (tertiary/aromatic N) is 1. The van der Waals surface area contributed by atoms with Crippen LogP contribution in [0.5, 0.6) is 5.75 Å². The molecule has 1 fully saturated rings. The van der Waals surface area contributed by atoms with E-state index in [0.717, 1.165) is 40.3 Å². The highest BCUT2D eigenvalue weighted by Crippen LogP contribution is 2.34. The summed E-state index contributed by atoms with van der Waals surface area (Å²) in [6.45, 7) is 5.68. The van der Waals surface area contributed by atoms with E-state index in [1.807, 2.05) is 36.4 Å². The summed E-state index contributed by atoms with van der Waals surface area (Å²) in [7, 11) is 0. The van der Waals surface area contributed by atoms with Crippen molar-refractivity contribution in [3.63, 3.8) is 0 Å². The number of nitrogens with one attached hydrogen (secondary N) is 1. The summed E-state index contributed by atoms with van der Waals surface area (Å²) in [5.74, 6) is 1.62. The molecule has 1 atom stereocenters. The second-order valence-electron chi connectivity index (χ2n) is 10.6. The highest BCUT2D eigenvalue weighted by molar-refractivity contribution is 8.03. The van der Waals surface area contributed by atoms with E-state index in [9.17, 15) is 4.79 Å². The first-order chi connectivity index (χ1) is 18.6. The normalized spacial score (nSPS) is 17.9. The molecule has 1 unspecified atom stereocenters. The van der Waals surface area contributed by atoms with E-state index in [-0.39, 0.29) is 5.50 Å². The quantitative estimate of drug-likeness (QED) is 0.272. The molecule has 5 heteroatoms. The molecule has 2 aliphatic rings. The van der Waals surface area contributed by atoms with Gasteiger partial charge < -0.3 is 10.1 Å². The van der Waals surface area contributed by atoms with Crippen molar-refractivity contribution in [2.45, 2.75) is 76.6 Å². The molecule has 0 saturated heterocycles. The zero-order valence-electron chi connectivity index (χ0n) is 22.4. The fraction of sp³-hybridized carbons (Fsp3) is 0.364. The van der Waals surface area contributed by atoms with E-state index in [0.29, 0.717) is 19.2 Å². The van der Waals surface area contributed by atoms with Crippen molar-refractivity contribution in [1.29, 1.82) is 0 Å². The van der Waals surface area contributed by atoms with Gasteiger partial charge in [-0.05, 0) is 84.5 Å². The van der Waals surface area contributed by atoms with Crippen molar-refractivity contribution < 1.29 is 9.53 Å². The van der Waals surface area contributed by atoms with E-state index in [1.165, 1.54) is 43.2 Å². The zero-order valence-corrected chi connectivity index (χ0v) is 23.3. The Morgan fingerprint density at radius 1 is 0.974 bits per heavy atom. The number of hydrogen-bond acceptors (Lipinski definition) is 5. The molecule has 1 N–H and O–H groups in total. The Kier molecular flexibility index (Phi) is 8.87. The molecule has 0 bridgehead atoms. The average molecular weight is 527 g/mol. The van der Waals surface area contributed by atoms with Crippen molar-refractivity contribution in [2.75, 3.05) is 0 Å². The maximum absolute atomic E-state index is 11.5. The summed E-state index contributed by atoms with van der Waals surface area (Å²) >= 11 is 1.77. The Hall–Kier alpha value is -3.02. The number of rotatable bonds is 10. The summed E-state index contributed by atoms with van der Waals surface area (Å²) < 4.78 is 6.09. The van der Waals surface area contributed by atoms with Crippen LogP contribution in [-0.2, 0) is 13.2 Å². The van der Waals surface area contributed by atoms with Gasteiger partial charge in [-0.15, -0.1) is 0 Å². The lowest BCUT2D eigenvalue weighted by Gasteiger charge is -2.33. The SMILES string of the molecule is CC(C)N(Cc1ccccc1C=O)C1NC(c2ccc(OCc3ccc(C4CCCCC4)cc3)cc2)=CS1. The van der Waals surface area contributed by atoms with Gasteiger partial charge in [-0.25, -0.2) is 0 Å². The largest absolute Gasteiger partial charge is 0.489 e. The Morgan fingerprint density at radius 2 is 1.71 bits per heavy atom. The van der Waals surface area contributed by atoms with E-state index in [2.05, 4.69) is 65.9 Å². The molecular weight excluding hydrogens is 488 g/mol. The maximum atomic E-state index is 11.5. The average Bonchev–Trinajstić information content (AvgIpc) is 3.46. The van der Waals surface area contributed by atoms with Crippen LogP contribution in [0.4, 0.5) is 0 Å². The molecule has 3 aromatic carbocycles. The molecule has 0 amide bonds. The summed E-state index contributed by atoms with van der Waals surface area (Å²) in [6.07, 6.45) is 7.73. The molecule has 198 valence electrons. The highest BCUT2D eigenvalue weighted by Gasteiger charge is 2.27. The van der Waals surface area contributed by atoms with Crippen molar-refractivity contribution in [3.05, 3.63) is 106 Å². The van der Waals surface area contributed by atoms with Crippen LogP contribution in [0.1, 0.15) is 84.5 Å². The van der Waals surface area contributed by atoms with E-state index >= 15 is 0 Å². The molecule has 1 saturated carbocycles. The van der Waals surface area contributed by atoms with Crippen molar-refractivity contribution >= 4 is 23.7 Å². The third kappa shape index (κ3) is 6.51. The van der Waals surface area contributed by atoms with Gasteiger partial charge in [0.05, 0.1) is 0 Å². The first-order valence-electron chi connectivity index (χ1n) is 13.8. The predicted octanol–water partition coefficient (Wildman–Crippen LogP) is 7.95. The Morgan fingerprint density at radius 3 is 2.42 bits per heavy atom. The minimum atomic E-state index is 0.109. The van der Waals surface area contributed by atoms with Crippen LogP contribution in [0.25, 0.3) is 5.70 Å². The molecule has 0 radical (unpaired) electrons. The van der Waals surface area contributed by atoms with Crippen LogP contribution < -0.4 is 10.1 Å². The zero-order chi connectivity index (χ0) is 26.3. The second-order valence-corrected chi connectivity index (χ2v) is 11.6. The number of thioether (sulfide) groups is 1. The van der Waals surface area contributed by atoms with Crippen molar-refractivity contribution in [2.24, 2.45) is 0 Å². The van der Waals surface area contributed by atoms with Gasteiger partial charge in [-0.3, -0.25) is 9.69 Å². The molecule has 1 aliphatic heterocycles. The maximum Gasteiger partial charge on any atom is 0.150 e. The Labute approximate surface area is 231 Å². The Balaban J connectivity index is 1.15. The van der Waals surface area contributed by atoms with Crippen LogP contribution in [0, 0.1) is 0 Å². The molecular formula is C33H38N2O2S. The van der Waals surface area contributed by atoms with Crippen molar-refractivity contribution in [3.8, 4) is 5.75 Å². The fourth-order valence-corrected chi connectivity index (χ4v) is 6.53. The van der Waals surface area contributed by atoms with E-state index in [4.69, 9.17) is 4.74 Å². The van der Waals surface area contributed by atoms with Gasteiger partial charge in [0, 0.05) is 23.8 Å². The van der Waals surface area contributed by atoms with Crippen LogP contribution in [0.2, 0.25) is 0 Å². The van der Waals surface area contributed by atoms with Gasteiger partial charge >= 0.3 is 0 Å². The molecule has 1 heterocycles. The molecule has 4 nitrogen and oxygen atoms in total. The lowest BCUT2D eigenvalue weighted by atomic mass is 9.84. The minimum absolute atomic E-state index is 0.109. The topological polar surface area (TPSA) is 41.6 Å². The number of benzene rings is 3. The summed E-state index contributed by atoms with van der Waals surface area (Å²) in [4.78, 5) is 13.9. The molecule has 38 heavy (non-hydrogen) atoms. The van der Waals surface area contributed by atoms with Gasteiger partial charge in [-0.1, -0.05) is 79.6 Å². The van der Waals surface area contributed by atoms with E-state index < -0.39 is 0 Å². The van der Waals surface area contributed by atoms with Gasteiger partial charge in [0.2, 0.25) is 0 Å². The third-order valence-corrected chi connectivity index (χ3v) is 8.74. The third-order valence-electron chi connectivity index (χ3n) is 7.72. The first kappa shape index (κ1) is 26.6. The van der Waals surface area contributed by atoms with E-state index in [1.54, 1.807) is 11.8 Å². The first-order valence-corrected chi connectivity index (χ1v) is 14.8. The highest BCUT2D eigenvalue weighted by atomic mass is 32.2. The van der Waals surface area contributed by atoms with Gasteiger partial charge in [-0.2, -0.15) is 0 Å². The molecule has 1 aliphatic carbocycles. The van der Waals surface area contributed by atoms with Gasteiger partial charge in [0.25, 0.3) is 0 Å². The summed E-state index contributed by atoms with van der Waals surface area (Å²) in [5.41, 5.74) is 6.85. The number of carbonyl (C=O) groups is 1. The minimum Gasteiger partial charge on any atom is -0.489 e. The molecule has 3 aromatic rings. The smallest absolute Gasteiger partial charge is 0.150 e. The summed E-state index contributed by atoms with van der Waals surface area (Å²) in [5, 5.41) is 5.87. The monoisotopic (exact) mass is 526 g/mol. The van der Waals surface area contributed by atoms with Gasteiger partial charge in [0.1, 0.15) is 24.1 Å². The van der Waals surface area contributed by atoms with Crippen LogP contribution >= 0.6 is 11.8 Å². The number of aldehydes is 1. The van der Waals surface area contributed by atoms with Crippen LogP contribution in [-0.4, -0.2) is 22.7 Å². The van der Waals surface area contributed by atoms with Crippen LogP contribution in [0.3, 0.4) is 0 Å². The standard InChI is InChI=1S/C33H38N2O2S/c1-24(2)35(20-29-10-6-7-11-30(29)21-36)33-34-32(23-38-33)28-16-18-31(19-17-28)37-22-25-12-14-27(15-13-25)26-8-4-3-5-9-26/h6-7,10-19,21,23-24,26,33-34H,3-5,8-9,20,22H2,1-2H3. The second kappa shape index (κ2) is 12.7. The molecule has 0 aromatic heterocycles. The number of hydrogen-bond donors (Lipinski definition) is 1. The fourth-order valence-electron chi connectivity index (χ4n) is 5.39. The lowest BCUT2D eigenvalue weighted by Crippen LogP contribution is -2.44. The Bertz CT molecular complexity index is 1230. The predicted molar refractivity (Wildman–Crippen MR) is 158 cm³/mol. The molecule has 0 spiro atoms. The van der Waals surface area contributed by atoms with Gasteiger partial charge in [0.15, 0.2) is 0 Å².